The first-order valence-corrected chi connectivity index (χ1v) is 6.00. The summed E-state index contributed by atoms with van der Waals surface area (Å²) in [4.78, 5) is 0. The van der Waals surface area contributed by atoms with Gasteiger partial charge in [-0.15, -0.1) is 0 Å². The van der Waals surface area contributed by atoms with Crippen molar-refractivity contribution in [1.82, 2.24) is 0 Å². The molecule has 0 bridgehead atoms. The van der Waals surface area contributed by atoms with Gasteiger partial charge in [0.2, 0.25) is 8.27 Å². The van der Waals surface area contributed by atoms with Gasteiger partial charge < -0.3 is 0 Å². The van der Waals surface area contributed by atoms with Crippen LogP contribution in [0.5, 0.6) is 0 Å². The van der Waals surface area contributed by atoms with Crippen molar-refractivity contribution in [2.75, 3.05) is 5.75 Å². The van der Waals surface area contributed by atoms with Gasteiger partial charge in [0, 0.05) is 0 Å². The van der Waals surface area contributed by atoms with E-state index in [1.165, 1.54) is 0 Å². The van der Waals surface area contributed by atoms with E-state index in [0.29, 0.717) is 11.7 Å². The highest BCUT2D eigenvalue weighted by molar-refractivity contribution is 9.47. The third-order valence-electron chi connectivity index (χ3n) is 1.13. The summed E-state index contributed by atoms with van der Waals surface area (Å²) in [5, 5.41) is 0. The van der Waals surface area contributed by atoms with E-state index in [2.05, 4.69) is 14.8 Å². The summed E-state index contributed by atoms with van der Waals surface area (Å²) < 4.78 is 20.8. The normalized spacial score (nSPS) is 21.1. The van der Waals surface area contributed by atoms with Gasteiger partial charge in [-0.25, -0.2) is 8.42 Å². The smallest absolute Gasteiger partial charge is 0.209 e. The van der Waals surface area contributed by atoms with Crippen LogP contribution in [0.1, 0.15) is 12.8 Å². The lowest BCUT2D eigenvalue weighted by atomic mass is 10.5. The van der Waals surface area contributed by atoms with Crippen LogP contribution in [0, 0.1) is 5.92 Å². The second-order valence-electron chi connectivity index (χ2n) is 2.15. The maximum Gasteiger partial charge on any atom is 0.209 e. The molecule has 0 saturated heterocycles. The van der Waals surface area contributed by atoms with Gasteiger partial charge in [0.1, 0.15) is 0 Å². The molecule has 0 atom stereocenters. The van der Waals surface area contributed by atoms with Crippen molar-refractivity contribution >= 4 is 23.1 Å². The maximum absolute atomic E-state index is 10.4. The monoisotopic (exact) mass is 198 g/mol. The Morgan fingerprint density at radius 1 is 1.50 bits per heavy atom. The van der Waals surface area contributed by atoms with Crippen LogP contribution in [0.15, 0.2) is 0 Å². The second kappa shape index (κ2) is 1.99. The molecule has 0 spiro atoms. The first kappa shape index (κ1) is 6.55. The molecule has 2 nitrogen and oxygen atoms in total. The molecule has 4 heteroatoms. The molecular weight excluding hydrogens is 192 g/mol. The molecule has 0 aliphatic heterocycles. The van der Waals surface area contributed by atoms with Gasteiger partial charge >= 0.3 is 0 Å². The van der Waals surface area contributed by atoms with Crippen LogP contribution in [0.2, 0.25) is 0 Å². The van der Waals surface area contributed by atoms with Crippen LogP contribution in [0.4, 0.5) is 0 Å². The Bertz CT molecular complexity index is 168. The third-order valence-corrected chi connectivity index (χ3v) is 2.79. The van der Waals surface area contributed by atoms with E-state index in [1.807, 2.05) is 0 Å². The largest absolute Gasteiger partial charge is 0.217 e. The summed E-state index contributed by atoms with van der Waals surface area (Å²) in [7, 11) is -2.85. The highest BCUT2D eigenvalue weighted by Gasteiger charge is 2.26. The molecule has 0 radical (unpaired) electrons. The zero-order valence-electron chi connectivity index (χ0n) is 4.30. The van der Waals surface area contributed by atoms with E-state index < -0.39 is 8.27 Å². The highest BCUT2D eigenvalue weighted by atomic mass is 79.9. The summed E-state index contributed by atoms with van der Waals surface area (Å²) in [6.45, 7) is 0. The molecule has 48 valence electrons. The zero-order valence-corrected chi connectivity index (χ0v) is 6.70. The summed E-state index contributed by atoms with van der Waals surface area (Å²) in [6, 6.07) is 0. The summed E-state index contributed by atoms with van der Waals surface area (Å²) in [5.41, 5.74) is 0. The molecule has 0 heterocycles. The van der Waals surface area contributed by atoms with Crippen molar-refractivity contribution in [3.05, 3.63) is 0 Å². The Labute approximate surface area is 56.4 Å². The quantitative estimate of drug-likeness (QED) is 0.624. The van der Waals surface area contributed by atoms with Gasteiger partial charge in [-0.3, -0.25) is 0 Å². The maximum atomic E-state index is 10.4. The fraction of sp³-hybridized carbons (Fsp3) is 1.00. The SMILES string of the molecule is O=S(=O)(Br)CC1CC1. The van der Waals surface area contributed by atoms with Crippen LogP contribution in [0.3, 0.4) is 0 Å². The van der Waals surface area contributed by atoms with E-state index in [0.717, 1.165) is 12.8 Å². The lowest BCUT2D eigenvalue weighted by molar-refractivity contribution is 0.608. The molecular formula is C4H7BrO2S. The molecule has 1 aliphatic carbocycles. The van der Waals surface area contributed by atoms with Crippen LogP contribution in [-0.4, -0.2) is 14.2 Å². The minimum absolute atomic E-state index is 0.326. The van der Waals surface area contributed by atoms with E-state index in [9.17, 15) is 8.42 Å². The fourth-order valence-corrected chi connectivity index (χ4v) is 2.58. The molecule has 0 aromatic heterocycles. The second-order valence-corrected chi connectivity index (χ2v) is 6.52. The van der Waals surface area contributed by atoms with Crippen LogP contribution in [-0.2, 0) is 8.27 Å². The van der Waals surface area contributed by atoms with Gasteiger partial charge in [-0.2, -0.15) is 0 Å². The first-order chi connectivity index (χ1) is 3.58. The predicted octanol–water partition coefficient (Wildman–Crippen LogP) is 1.12. The summed E-state index contributed by atoms with van der Waals surface area (Å²) in [5.74, 6) is 0.784. The predicted molar refractivity (Wildman–Crippen MR) is 35.4 cm³/mol. The topological polar surface area (TPSA) is 34.1 Å². The van der Waals surface area contributed by atoms with Gasteiger partial charge in [0.15, 0.2) is 0 Å². The standard InChI is InChI=1S/C4H7BrO2S/c5-8(6,7)3-4-1-2-4/h4H,1-3H2. The molecule has 1 aliphatic rings. The lowest BCUT2D eigenvalue weighted by Crippen LogP contribution is -1.96. The fourth-order valence-electron chi connectivity index (χ4n) is 0.566. The minimum Gasteiger partial charge on any atom is -0.217 e. The Morgan fingerprint density at radius 2 is 2.00 bits per heavy atom. The lowest BCUT2D eigenvalue weighted by Gasteiger charge is -1.87. The van der Waals surface area contributed by atoms with Crippen molar-refractivity contribution in [2.45, 2.75) is 12.8 Å². The Hall–Kier alpha value is 0.430. The van der Waals surface area contributed by atoms with Crippen molar-refractivity contribution in [3.63, 3.8) is 0 Å². The molecule has 0 unspecified atom stereocenters. The van der Waals surface area contributed by atoms with Gasteiger partial charge in [-0.05, 0) is 18.8 Å². The van der Waals surface area contributed by atoms with Gasteiger partial charge in [-0.1, -0.05) is 0 Å². The summed E-state index contributed by atoms with van der Waals surface area (Å²) in [6.07, 6.45) is 2.18. The molecule has 0 N–H and O–H groups in total. The highest BCUT2D eigenvalue weighted by Crippen LogP contribution is 2.31. The van der Waals surface area contributed by atoms with E-state index in [-0.39, 0.29) is 0 Å². The van der Waals surface area contributed by atoms with E-state index >= 15 is 0 Å². The first-order valence-electron chi connectivity index (χ1n) is 2.50. The molecule has 0 aromatic rings. The number of hydrogen-bond acceptors (Lipinski definition) is 2. The minimum atomic E-state index is -2.85. The Kier molecular flexibility index (Phi) is 1.63. The molecule has 0 amide bonds. The van der Waals surface area contributed by atoms with Gasteiger partial charge in [0.05, 0.1) is 20.6 Å². The summed E-state index contributed by atoms with van der Waals surface area (Å²) >= 11 is 2.59. The number of halogens is 1. The van der Waals surface area contributed by atoms with Crippen LogP contribution < -0.4 is 0 Å². The Balaban J connectivity index is 2.38. The molecule has 1 rings (SSSR count). The average molecular weight is 199 g/mol. The van der Waals surface area contributed by atoms with Crippen molar-refractivity contribution in [3.8, 4) is 0 Å². The van der Waals surface area contributed by atoms with E-state index in [4.69, 9.17) is 0 Å². The van der Waals surface area contributed by atoms with Crippen LogP contribution in [0.25, 0.3) is 0 Å². The van der Waals surface area contributed by atoms with Crippen LogP contribution >= 0.6 is 14.8 Å². The molecule has 1 fully saturated rings. The molecule has 0 aromatic carbocycles. The van der Waals surface area contributed by atoms with Crippen molar-refractivity contribution in [2.24, 2.45) is 5.92 Å². The zero-order chi connectivity index (χ0) is 6.20. The van der Waals surface area contributed by atoms with Crippen molar-refractivity contribution in [1.29, 1.82) is 0 Å². The number of hydrogen-bond donors (Lipinski definition) is 0. The molecule has 8 heavy (non-hydrogen) atoms. The molecule has 1 saturated carbocycles. The van der Waals surface area contributed by atoms with Gasteiger partial charge in [0.25, 0.3) is 0 Å². The average Bonchev–Trinajstić information content (AvgIpc) is 2.12. The Morgan fingerprint density at radius 3 is 2.12 bits per heavy atom. The van der Waals surface area contributed by atoms with Crippen molar-refractivity contribution < 1.29 is 8.42 Å². The van der Waals surface area contributed by atoms with E-state index in [1.54, 1.807) is 0 Å². The number of rotatable bonds is 2. The third kappa shape index (κ3) is 2.67.